The number of anilines is 2. The summed E-state index contributed by atoms with van der Waals surface area (Å²) < 4.78 is 0. The zero-order chi connectivity index (χ0) is 7.97. The first kappa shape index (κ1) is 6.78. The van der Waals surface area contributed by atoms with Crippen LogP contribution >= 0.6 is 11.3 Å². The molecule has 2 nitrogen and oxygen atoms in total. The van der Waals surface area contributed by atoms with E-state index in [4.69, 9.17) is 0 Å². The third-order valence-corrected chi connectivity index (χ3v) is 3.59. The van der Waals surface area contributed by atoms with E-state index in [9.17, 15) is 0 Å². The molecule has 0 radical (unpaired) electrons. The quantitative estimate of drug-likeness (QED) is 0.658. The smallest absolute Gasteiger partial charge is 0.0714 e. The standard InChI is InChI=1S/C9H12N2S/c1-2-7-4-10-8-5-12-6-9(8)11(7)3-1/h5-7,10H,1-4H2/t7-/m0/s1. The number of thiophene rings is 1. The van der Waals surface area contributed by atoms with Gasteiger partial charge in [0.1, 0.15) is 0 Å². The van der Waals surface area contributed by atoms with Crippen LogP contribution in [0.2, 0.25) is 0 Å². The van der Waals surface area contributed by atoms with Gasteiger partial charge in [0.15, 0.2) is 0 Å². The van der Waals surface area contributed by atoms with Crippen molar-refractivity contribution < 1.29 is 0 Å². The molecule has 1 N–H and O–H groups in total. The summed E-state index contributed by atoms with van der Waals surface area (Å²) in [6.45, 7) is 2.40. The van der Waals surface area contributed by atoms with Crippen molar-refractivity contribution in [3.05, 3.63) is 10.8 Å². The molecule has 0 spiro atoms. The topological polar surface area (TPSA) is 15.3 Å². The van der Waals surface area contributed by atoms with Gasteiger partial charge in [0.2, 0.25) is 0 Å². The van der Waals surface area contributed by atoms with Crippen molar-refractivity contribution in [1.29, 1.82) is 0 Å². The second kappa shape index (κ2) is 2.39. The highest BCUT2D eigenvalue weighted by atomic mass is 32.1. The summed E-state index contributed by atoms with van der Waals surface area (Å²) in [6.07, 6.45) is 2.73. The average Bonchev–Trinajstić information content (AvgIpc) is 2.71. The van der Waals surface area contributed by atoms with Crippen LogP contribution in [-0.4, -0.2) is 19.1 Å². The Morgan fingerprint density at radius 2 is 2.50 bits per heavy atom. The first-order valence-corrected chi connectivity index (χ1v) is 5.46. The molecule has 1 fully saturated rings. The normalized spacial score (nSPS) is 26.3. The highest BCUT2D eigenvalue weighted by Crippen LogP contribution is 2.38. The Morgan fingerprint density at radius 1 is 1.50 bits per heavy atom. The van der Waals surface area contributed by atoms with Gasteiger partial charge in [0.05, 0.1) is 11.4 Å². The molecule has 0 aliphatic carbocycles. The Hall–Kier alpha value is -0.700. The van der Waals surface area contributed by atoms with Crippen molar-refractivity contribution >= 4 is 22.7 Å². The first-order valence-electron chi connectivity index (χ1n) is 4.52. The predicted octanol–water partition coefficient (Wildman–Crippen LogP) is 2.14. The van der Waals surface area contributed by atoms with Gasteiger partial charge in [0.25, 0.3) is 0 Å². The van der Waals surface area contributed by atoms with E-state index in [1.54, 1.807) is 11.3 Å². The van der Waals surface area contributed by atoms with E-state index in [-0.39, 0.29) is 0 Å². The number of nitrogens with one attached hydrogen (secondary N) is 1. The van der Waals surface area contributed by atoms with Crippen LogP contribution < -0.4 is 10.2 Å². The molecule has 1 aromatic rings. The maximum Gasteiger partial charge on any atom is 0.0714 e. The van der Waals surface area contributed by atoms with Crippen molar-refractivity contribution in [3.63, 3.8) is 0 Å². The van der Waals surface area contributed by atoms with E-state index in [0.29, 0.717) is 0 Å². The third-order valence-electron chi connectivity index (χ3n) is 2.86. The van der Waals surface area contributed by atoms with E-state index >= 15 is 0 Å². The minimum absolute atomic E-state index is 0.770. The Labute approximate surface area is 76.2 Å². The minimum atomic E-state index is 0.770. The molecule has 1 saturated heterocycles. The van der Waals surface area contributed by atoms with Gasteiger partial charge in [-0.3, -0.25) is 0 Å². The van der Waals surface area contributed by atoms with Crippen LogP contribution in [0, 0.1) is 0 Å². The minimum Gasteiger partial charge on any atom is -0.381 e. The van der Waals surface area contributed by atoms with Crippen molar-refractivity contribution in [2.45, 2.75) is 18.9 Å². The summed E-state index contributed by atoms with van der Waals surface area (Å²) in [4.78, 5) is 2.56. The fraction of sp³-hybridized carbons (Fsp3) is 0.556. The van der Waals surface area contributed by atoms with Crippen LogP contribution in [0.4, 0.5) is 11.4 Å². The summed E-state index contributed by atoms with van der Waals surface area (Å²) in [5.41, 5.74) is 2.78. The van der Waals surface area contributed by atoms with Crippen molar-refractivity contribution in [2.75, 3.05) is 23.3 Å². The zero-order valence-electron chi connectivity index (χ0n) is 6.92. The lowest BCUT2D eigenvalue weighted by Crippen LogP contribution is -2.38. The SMILES string of the molecule is c1scc2c1NC[C@@H]1CCCN21. The molecule has 1 atom stereocenters. The van der Waals surface area contributed by atoms with Crippen LogP contribution in [-0.2, 0) is 0 Å². The highest BCUT2D eigenvalue weighted by Gasteiger charge is 2.30. The fourth-order valence-electron chi connectivity index (χ4n) is 2.24. The fourth-order valence-corrected chi connectivity index (χ4v) is 3.04. The molecule has 0 saturated carbocycles. The highest BCUT2D eigenvalue weighted by molar-refractivity contribution is 7.09. The van der Waals surface area contributed by atoms with Crippen LogP contribution in [0.5, 0.6) is 0 Å². The van der Waals surface area contributed by atoms with Crippen molar-refractivity contribution in [1.82, 2.24) is 0 Å². The number of nitrogens with zero attached hydrogens (tertiary/aromatic N) is 1. The van der Waals surface area contributed by atoms with Gasteiger partial charge >= 0.3 is 0 Å². The lowest BCUT2D eigenvalue weighted by Gasteiger charge is -2.32. The predicted molar refractivity (Wildman–Crippen MR) is 53.2 cm³/mol. The zero-order valence-corrected chi connectivity index (χ0v) is 7.73. The van der Waals surface area contributed by atoms with Crippen molar-refractivity contribution in [2.24, 2.45) is 0 Å². The lowest BCUT2D eigenvalue weighted by molar-refractivity contribution is 0.685. The number of rotatable bonds is 0. The second-order valence-corrected chi connectivity index (χ2v) is 4.28. The van der Waals surface area contributed by atoms with Gasteiger partial charge in [-0.2, -0.15) is 0 Å². The number of hydrogen-bond donors (Lipinski definition) is 1. The lowest BCUT2D eigenvalue weighted by atomic mass is 10.2. The molecular formula is C9H12N2S. The van der Waals surface area contributed by atoms with E-state index < -0.39 is 0 Å². The first-order chi connectivity index (χ1) is 5.95. The summed E-state index contributed by atoms with van der Waals surface area (Å²) in [5, 5.41) is 7.96. The van der Waals surface area contributed by atoms with Crippen LogP contribution in [0.3, 0.4) is 0 Å². The van der Waals surface area contributed by atoms with Crippen molar-refractivity contribution in [3.8, 4) is 0 Å². The van der Waals surface area contributed by atoms with Gasteiger partial charge in [-0.1, -0.05) is 0 Å². The Morgan fingerprint density at radius 3 is 3.50 bits per heavy atom. The molecule has 12 heavy (non-hydrogen) atoms. The molecule has 0 unspecified atom stereocenters. The Bertz CT molecular complexity index is 294. The Balaban J connectivity index is 2.04. The molecule has 2 aliphatic rings. The Kier molecular flexibility index (Phi) is 1.35. The number of fused-ring (bicyclic) bond motifs is 3. The molecule has 0 amide bonds. The third kappa shape index (κ3) is 0.800. The number of hydrogen-bond acceptors (Lipinski definition) is 3. The van der Waals surface area contributed by atoms with Crippen LogP contribution in [0.1, 0.15) is 12.8 Å². The molecule has 3 rings (SSSR count). The maximum atomic E-state index is 3.48. The summed E-state index contributed by atoms with van der Waals surface area (Å²) in [6, 6.07) is 0.770. The second-order valence-electron chi connectivity index (χ2n) is 3.54. The summed E-state index contributed by atoms with van der Waals surface area (Å²) in [5.74, 6) is 0. The molecule has 1 aromatic heterocycles. The maximum absolute atomic E-state index is 3.48. The summed E-state index contributed by atoms with van der Waals surface area (Å²) in [7, 11) is 0. The van der Waals surface area contributed by atoms with Gasteiger partial charge in [0, 0.05) is 29.9 Å². The van der Waals surface area contributed by atoms with Crippen LogP contribution in [0.25, 0.3) is 0 Å². The molecule has 3 heteroatoms. The van der Waals surface area contributed by atoms with Gasteiger partial charge in [-0.15, -0.1) is 11.3 Å². The van der Waals surface area contributed by atoms with E-state index in [1.165, 1.54) is 30.8 Å². The molecule has 0 bridgehead atoms. The van der Waals surface area contributed by atoms with E-state index in [0.717, 1.165) is 12.6 Å². The average molecular weight is 180 g/mol. The molecule has 3 heterocycles. The van der Waals surface area contributed by atoms with Crippen LogP contribution in [0.15, 0.2) is 10.8 Å². The summed E-state index contributed by atoms with van der Waals surface area (Å²) >= 11 is 1.80. The van der Waals surface area contributed by atoms with Gasteiger partial charge in [-0.25, -0.2) is 0 Å². The molecular weight excluding hydrogens is 168 g/mol. The molecule has 64 valence electrons. The van der Waals surface area contributed by atoms with Gasteiger partial charge < -0.3 is 10.2 Å². The largest absolute Gasteiger partial charge is 0.381 e. The molecule has 0 aromatic carbocycles. The van der Waals surface area contributed by atoms with Gasteiger partial charge in [-0.05, 0) is 12.8 Å². The molecule has 2 aliphatic heterocycles. The van der Waals surface area contributed by atoms with E-state index in [1.807, 2.05) is 0 Å². The van der Waals surface area contributed by atoms with E-state index in [2.05, 4.69) is 21.0 Å². The monoisotopic (exact) mass is 180 g/mol.